The molecule has 3 aromatic carbocycles. The standard InChI is InChI=1S/C22H20ClNO5S/c1-24(30(27,28)19-10-6-3-7-11-19)20(22(25)26)15-16-14-17(23)12-13-21(16)29-18-8-4-2-5-9-18/h2-14,20H,15H2,1H3,(H,25,26)/t20-/m1/s1. The SMILES string of the molecule is CN([C@H](Cc1cc(Cl)ccc1Oc1ccccc1)C(=O)O)S(=O)(=O)c1ccccc1. The molecule has 0 aromatic heterocycles. The van der Waals surface area contributed by atoms with Crippen molar-refractivity contribution in [2.24, 2.45) is 0 Å². The summed E-state index contributed by atoms with van der Waals surface area (Å²) in [5.74, 6) is -0.303. The van der Waals surface area contributed by atoms with Crippen molar-refractivity contribution in [2.75, 3.05) is 7.05 Å². The molecular formula is C22H20ClNO5S. The van der Waals surface area contributed by atoms with Crippen LogP contribution in [0.5, 0.6) is 11.5 Å². The number of carboxylic acid groups (broad SMARTS) is 1. The first kappa shape index (κ1) is 21.8. The lowest BCUT2D eigenvalue weighted by Crippen LogP contribution is -2.43. The molecule has 6 nitrogen and oxygen atoms in total. The van der Waals surface area contributed by atoms with Gasteiger partial charge in [-0.15, -0.1) is 0 Å². The van der Waals surface area contributed by atoms with Crippen LogP contribution >= 0.6 is 11.6 Å². The number of sulfonamides is 1. The third-order valence-corrected chi connectivity index (χ3v) is 6.67. The maximum absolute atomic E-state index is 12.9. The lowest BCUT2D eigenvalue weighted by Gasteiger charge is -2.25. The molecule has 0 saturated carbocycles. The van der Waals surface area contributed by atoms with E-state index in [1.807, 2.05) is 18.2 Å². The number of carboxylic acids is 1. The molecule has 30 heavy (non-hydrogen) atoms. The van der Waals surface area contributed by atoms with Gasteiger partial charge in [0.15, 0.2) is 0 Å². The Balaban J connectivity index is 1.94. The van der Waals surface area contributed by atoms with Crippen LogP contribution in [0.4, 0.5) is 0 Å². The molecule has 0 aliphatic heterocycles. The summed E-state index contributed by atoms with van der Waals surface area (Å²) in [4.78, 5) is 12.0. The summed E-state index contributed by atoms with van der Waals surface area (Å²) in [5.41, 5.74) is 0.480. The van der Waals surface area contributed by atoms with E-state index < -0.39 is 22.0 Å². The third-order valence-electron chi connectivity index (χ3n) is 4.55. The van der Waals surface area contributed by atoms with Crippen LogP contribution in [-0.4, -0.2) is 36.9 Å². The molecule has 8 heteroatoms. The lowest BCUT2D eigenvalue weighted by molar-refractivity contribution is -0.141. The Morgan fingerprint density at radius 1 is 1.03 bits per heavy atom. The predicted octanol–water partition coefficient (Wildman–Crippen LogP) is 4.45. The van der Waals surface area contributed by atoms with E-state index in [0.29, 0.717) is 22.1 Å². The average molecular weight is 446 g/mol. The molecule has 0 saturated heterocycles. The van der Waals surface area contributed by atoms with Crippen molar-refractivity contribution < 1.29 is 23.1 Å². The van der Waals surface area contributed by atoms with Crippen molar-refractivity contribution in [1.29, 1.82) is 0 Å². The smallest absolute Gasteiger partial charge is 0.322 e. The zero-order valence-corrected chi connectivity index (χ0v) is 17.7. The van der Waals surface area contributed by atoms with Crippen LogP contribution in [0.2, 0.25) is 5.02 Å². The molecule has 156 valence electrons. The number of benzene rings is 3. The lowest BCUT2D eigenvalue weighted by atomic mass is 10.0. The number of nitrogens with zero attached hydrogens (tertiary/aromatic N) is 1. The maximum Gasteiger partial charge on any atom is 0.322 e. The monoisotopic (exact) mass is 445 g/mol. The Bertz CT molecular complexity index is 1120. The van der Waals surface area contributed by atoms with E-state index >= 15 is 0 Å². The Labute approximate surface area is 180 Å². The van der Waals surface area contributed by atoms with E-state index in [4.69, 9.17) is 16.3 Å². The summed E-state index contributed by atoms with van der Waals surface area (Å²) in [7, 11) is -2.75. The summed E-state index contributed by atoms with van der Waals surface area (Å²) in [6.45, 7) is 0. The van der Waals surface area contributed by atoms with E-state index in [-0.39, 0.29) is 11.3 Å². The molecule has 0 radical (unpaired) electrons. The highest BCUT2D eigenvalue weighted by Gasteiger charge is 2.33. The first-order valence-electron chi connectivity index (χ1n) is 9.06. The van der Waals surface area contributed by atoms with Crippen molar-refractivity contribution in [3.05, 3.63) is 89.4 Å². The van der Waals surface area contributed by atoms with Crippen molar-refractivity contribution in [1.82, 2.24) is 4.31 Å². The van der Waals surface area contributed by atoms with Crippen LogP contribution in [0.3, 0.4) is 0 Å². The summed E-state index contributed by atoms with van der Waals surface area (Å²) < 4.78 is 32.6. The predicted molar refractivity (Wildman–Crippen MR) is 114 cm³/mol. The van der Waals surface area contributed by atoms with Gasteiger partial charge >= 0.3 is 5.97 Å². The molecule has 3 rings (SSSR count). The maximum atomic E-state index is 12.9. The molecular weight excluding hydrogens is 426 g/mol. The quantitative estimate of drug-likeness (QED) is 0.553. The fourth-order valence-corrected chi connectivity index (χ4v) is 4.46. The van der Waals surface area contributed by atoms with Crippen LogP contribution in [0.15, 0.2) is 83.8 Å². The van der Waals surface area contributed by atoms with Crippen LogP contribution in [0.1, 0.15) is 5.56 Å². The van der Waals surface area contributed by atoms with Gasteiger partial charge < -0.3 is 9.84 Å². The van der Waals surface area contributed by atoms with E-state index in [9.17, 15) is 18.3 Å². The van der Waals surface area contributed by atoms with Gasteiger partial charge in [0.1, 0.15) is 17.5 Å². The largest absolute Gasteiger partial charge is 0.480 e. The minimum atomic E-state index is -4.01. The van der Waals surface area contributed by atoms with Crippen molar-refractivity contribution >= 4 is 27.6 Å². The van der Waals surface area contributed by atoms with E-state index in [0.717, 1.165) is 4.31 Å². The van der Waals surface area contributed by atoms with Crippen molar-refractivity contribution in [2.45, 2.75) is 17.4 Å². The second-order valence-corrected chi connectivity index (χ2v) is 8.99. The first-order chi connectivity index (χ1) is 14.3. The van der Waals surface area contributed by atoms with Crippen LogP contribution < -0.4 is 4.74 Å². The Morgan fingerprint density at radius 2 is 1.63 bits per heavy atom. The number of aliphatic carboxylic acids is 1. The minimum absolute atomic E-state index is 0.0191. The van der Waals surface area contributed by atoms with Crippen LogP contribution in [-0.2, 0) is 21.2 Å². The molecule has 1 N–H and O–H groups in total. The molecule has 0 aliphatic carbocycles. The van der Waals surface area contributed by atoms with Gasteiger partial charge in [0.2, 0.25) is 10.0 Å². The van der Waals surface area contributed by atoms with E-state index in [1.54, 1.807) is 48.5 Å². The van der Waals surface area contributed by atoms with E-state index in [1.165, 1.54) is 19.2 Å². The van der Waals surface area contributed by atoms with Crippen molar-refractivity contribution in [3.63, 3.8) is 0 Å². The number of rotatable bonds is 8. The number of likely N-dealkylation sites (N-methyl/N-ethyl adjacent to an activating group) is 1. The topological polar surface area (TPSA) is 83.9 Å². The molecule has 0 bridgehead atoms. The average Bonchev–Trinajstić information content (AvgIpc) is 2.74. The summed E-state index contributed by atoms with van der Waals surface area (Å²) in [6, 6.07) is 20.2. The Hall–Kier alpha value is -2.87. The van der Waals surface area contributed by atoms with Gasteiger partial charge in [0, 0.05) is 18.5 Å². The van der Waals surface area contributed by atoms with Gasteiger partial charge in [-0.25, -0.2) is 8.42 Å². The fraction of sp³-hybridized carbons (Fsp3) is 0.136. The molecule has 0 unspecified atom stereocenters. The molecule has 3 aromatic rings. The number of hydrogen-bond acceptors (Lipinski definition) is 4. The number of hydrogen-bond donors (Lipinski definition) is 1. The highest BCUT2D eigenvalue weighted by molar-refractivity contribution is 7.89. The number of halogens is 1. The fourth-order valence-electron chi connectivity index (χ4n) is 2.93. The second kappa shape index (κ2) is 9.30. The zero-order chi connectivity index (χ0) is 21.7. The van der Waals surface area contributed by atoms with Gasteiger partial charge in [-0.05, 0) is 48.0 Å². The normalized spacial score (nSPS) is 12.5. The molecule has 0 aliphatic rings. The van der Waals surface area contributed by atoms with Crippen molar-refractivity contribution in [3.8, 4) is 11.5 Å². The molecule has 0 amide bonds. The molecule has 0 heterocycles. The summed E-state index contributed by atoms with van der Waals surface area (Å²) >= 11 is 6.11. The van der Waals surface area contributed by atoms with Gasteiger partial charge in [-0.2, -0.15) is 4.31 Å². The van der Waals surface area contributed by atoms with Crippen LogP contribution in [0, 0.1) is 0 Å². The van der Waals surface area contributed by atoms with Gasteiger partial charge in [-0.1, -0.05) is 48.0 Å². The minimum Gasteiger partial charge on any atom is -0.480 e. The molecule has 0 fully saturated rings. The second-order valence-electron chi connectivity index (χ2n) is 6.56. The molecule has 1 atom stereocenters. The Morgan fingerprint density at radius 3 is 2.23 bits per heavy atom. The van der Waals surface area contributed by atoms with Gasteiger partial charge in [0.25, 0.3) is 0 Å². The highest BCUT2D eigenvalue weighted by Crippen LogP contribution is 2.30. The number of carbonyl (C=O) groups is 1. The van der Waals surface area contributed by atoms with Gasteiger partial charge in [0.05, 0.1) is 4.90 Å². The van der Waals surface area contributed by atoms with Crippen LogP contribution in [0.25, 0.3) is 0 Å². The van der Waals surface area contributed by atoms with Gasteiger partial charge in [-0.3, -0.25) is 4.79 Å². The molecule has 0 spiro atoms. The Kier molecular flexibility index (Phi) is 6.77. The summed E-state index contributed by atoms with van der Waals surface area (Å²) in [6.07, 6.45) is -0.124. The number of ether oxygens (including phenoxy) is 1. The highest BCUT2D eigenvalue weighted by atomic mass is 35.5. The summed E-state index contributed by atoms with van der Waals surface area (Å²) in [5, 5.41) is 10.2. The zero-order valence-electron chi connectivity index (χ0n) is 16.1. The third kappa shape index (κ3) is 4.99. The first-order valence-corrected chi connectivity index (χ1v) is 10.9. The van der Waals surface area contributed by atoms with E-state index in [2.05, 4.69) is 0 Å². The number of para-hydroxylation sites is 1.